The molecule has 0 aliphatic heterocycles. The van der Waals surface area contributed by atoms with E-state index in [1.165, 1.54) is 16.8 Å². The second-order valence-corrected chi connectivity index (χ2v) is 4.74. The van der Waals surface area contributed by atoms with Crippen LogP contribution in [0.4, 0.5) is 10.3 Å². The van der Waals surface area contributed by atoms with Gasteiger partial charge in [0.25, 0.3) is 5.95 Å². The molecular formula is C14H17Cl2FN8. The summed E-state index contributed by atoms with van der Waals surface area (Å²) in [5, 5.41) is 18.7. The molecule has 0 aliphatic carbocycles. The Balaban J connectivity index is 0.00000156. The number of hydrogen-bond acceptors (Lipinski definition) is 6. The summed E-state index contributed by atoms with van der Waals surface area (Å²) in [7, 11) is 0. The average molecular weight is 387 g/mol. The van der Waals surface area contributed by atoms with Crippen molar-refractivity contribution in [2.75, 3.05) is 11.3 Å². The minimum Gasteiger partial charge on any atom is -0.335 e. The van der Waals surface area contributed by atoms with Crippen molar-refractivity contribution in [2.24, 2.45) is 5.10 Å². The van der Waals surface area contributed by atoms with Gasteiger partial charge in [-0.1, -0.05) is 6.92 Å². The van der Waals surface area contributed by atoms with E-state index in [4.69, 9.17) is 5.84 Å². The van der Waals surface area contributed by atoms with Gasteiger partial charge < -0.3 is 5.84 Å². The van der Waals surface area contributed by atoms with Crippen molar-refractivity contribution in [1.29, 1.82) is 0 Å². The molecule has 11 heteroatoms. The number of anilines is 1. The highest BCUT2D eigenvalue weighted by Gasteiger charge is 2.08. The van der Waals surface area contributed by atoms with E-state index < -0.39 is 0 Å². The van der Waals surface area contributed by atoms with E-state index in [-0.39, 0.29) is 30.6 Å². The highest BCUT2D eigenvalue weighted by molar-refractivity contribution is 5.88. The van der Waals surface area contributed by atoms with Crippen LogP contribution in [-0.2, 0) is 6.42 Å². The van der Waals surface area contributed by atoms with E-state index in [1.807, 2.05) is 6.92 Å². The Kier molecular flexibility index (Phi) is 7.34. The summed E-state index contributed by atoms with van der Waals surface area (Å²) in [6.45, 7) is 1.93. The third-order valence-corrected chi connectivity index (χ3v) is 3.25. The number of rotatable bonds is 5. The number of nitrogens with one attached hydrogen (secondary N) is 2. The molecular weight excluding hydrogens is 370 g/mol. The maximum atomic E-state index is 13.0. The Labute approximate surface area is 155 Å². The maximum Gasteiger partial charge on any atom is 0.263 e. The van der Waals surface area contributed by atoms with Gasteiger partial charge in [0.05, 0.1) is 18.1 Å². The van der Waals surface area contributed by atoms with Crippen molar-refractivity contribution in [3.63, 3.8) is 0 Å². The minimum atomic E-state index is -0.292. The molecule has 4 N–H and O–H groups in total. The molecule has 0 radical (unpaired) electrons. The lowest BCUT2D eigenvalue weighted by molar-refractivity contribution is 0.628. The van der Waals surface area contributed by atoms with E-state index in [0.29, 0.717) is 18.2 Å². The summed E-state index contributed by atoms with van der Waals surface area (Å²) in [6.07, 6.45) is 3.86. The first-order chi connectivity index (χ1) is 11.2. The lowest BCUT2D eigenvalue weighted by atomic mass is 10.1. The van der Waals surface area contributed by atoms with Gasteiger partial charge in [-0.05, 0) is 24.3 Å². The molecule has 2 heterocycles. The normalized spacial score (nSPS) is 10.3. The van der Waals surface area contributed by atoms with Crippen LogP contribution in [0.2, 0.25) is 0 Å². The van der Waals surface area contributed by atoms with Gasteiger partial charge in [0, 0.05) is 17.5 Å². The number of benzene rings is 1. The summed E-state index contributed by atoms with van der Waals surface area (Å²) in [4.78, 5) is 0. The fraction of sp³-hybridized carbons (Fsp3) is 0.143. The maximum absolute atomic E-state index is 13.0. The Bertz CT molecular complexity index is 828. The van der Waals surface area contributed by atoms with Crippen LogP contribution in [0.3, 0.4) is 0 Å². The first-order valence-electron chi connectivity index (χ1n) is 6.96. The molecule has 0 aliphatic rings. The molecule has 0 bridgehead atoms. The number of hydrazone groups is 1. The van der Waals surface area contributed by atoms with Gasteiger partial charge in [-0.2, -0.15) is 10.2 Å². The molecule has 3 aromatic rings. The van der Waals surface area contributed by atoms with E-state index >= 15 is 0 Å². The Morgan fingerprint density at radius 2 is 2.00 bits per heavy atom. The Hall–Kier alpha value is -2.65. The van der Waals surface area contributed by atoms with Crippen LogP contribution < -0.4 is 11.3 Å². The first-order valence-corrected chi connectivity index (χ1v) is 6.96. The van der Waals surface area contributed by atoms with Crippen molar-refractivity contribution in [3.05, 3.63) is 47.7 Å². The fourth-order valence-electron chi connectivity index (χ4n) is 2.04. The molecule has 134 valence electrons. The van der Waals surface area contributed by atoms with Crippen LogP contribution >= 0.6 is 24.8 Å². The number of nitrogens with zero attached hydrogens (tertiary/aromatic N) is 5. The zero-order valence-corrected chi connectivity index (χ0v) is 14.8. The average Bonchev–Trinajstić information content (AvgIpc) is 3.16. The smallest absolute Gasteiger partial charge is 0.263 e. The molecule has 0 amide bonds. The largest absolute Gasteiger partial charge is 0.335 e. The zero-order valence-electron chi connectivity index (χ0n) is 13.2. The van der Waals surface area contributed by atoms with Crippen LogP contribution in [0.5, 0.6) is 0 Å². The Morgan fingerprint density at radius 3 is 2.64 bits per heavy atom. The zero-order chi connectivity index (χ0) is 16.2. The van der Waals surface area contributed by atoms with E-state index in [0.717, 1.165) is 16.8 Å². The Morgan fingerprint density at radius 1 is 1.28 bits per heavy atom. The lowest BCUT2D eigenvalue weighted by Crippen LogP contribution is -2.14. The molecule has 0 spiro atoms. The number of nitrogens with two attached hydrogens (primary N) is 1. The van der Waals surface area contributed by atoms with Gasteiger partial charge in [-0.25, -0.2) is 14.5 Å². The van der Waals surface area contributed by atoms with Gasteiger partial charge in [-0.3, -0.25) is 5.10 Å². The van der Waals surface area contributed by atoms with Crippen molar-refractivity contribution < 1.29 is 4.39 Å². The van der Waals surface area contributed by atoms with Crippen molar-refractivity contribution in [1.82, 2.24) is 25.1 Å². The molecule has 0 atom stereocenters. The van der Waals surface area contributed by atoms with E-state index in [1.54, 1.807) is 24.5 Å². The molecule has 25 heavy (non-hydrogen) atoms. The van der Waals surface area contributed by atoms with Gasteiger partial charge in [-0.15, -0.1) is 35.0 Å². The third-order valence-electron chi connectivity index (χ3n) is 3.25. The number of aromatic nitrogens is 5. The quantitative estimate of drug-likeness (QED) is 0.354. The molecule has 1 aromatic carbocycles. The molecule has 0 saturated heterocycles. The molecule has 0 saturated carbocycles. The SMILES string of the molecule is CCc1nnc(NN=Cc2cn[nH]c2-c2ccc(F)cc2)n1N.Cl.Cl. The molecule has 0 unspecified atom stereocenters. The predicted octanol–water partition coefficient (Wildman–Crippen LogP) is 2.37. The highest BCUT2D eigenvalue weighted by Crippen LogP contribution is 2.20. The minimum absolute atomic E-state index is 0. The fourth-order valence-corrected chi connectivity index (χ4v) is 2.04. The first kappa shape index (κ1) is 20.4. The van der Waals surface area contributed by atoms with E-state index in [9.17, 15) is 4.39 Å². The van der Waals surface area contributed by atoms with E-state index in [2.05, 4.69) is 30.9 Å². The second kappa shape index (κ2) is 9.00. The number of hydrogen-bond donors (Lipinski definition) is 3. The van der Waals surface area contributed by atoms with Gasteiger partial charge in [0.15, 0.2) is 5.82 Å². The molecule has 3 rings (SSSR count). The number of halogens is 3. The summed E-state index contributed by atoms with van der Waals surface area (Å²) in [5.41, 5.74) is 5.01. The van der Waals surface area contributed by atoms with Gasteiger partial charge >= 0.3 is 0 Å². The number of H-pyrrole nitrogens is 1. The second-order valence-electron chi connectivity index (χ2n) is 4.74. The topological polar surface area (TPSA) is 110 Å². The van der Waals surface area contributed by atoms with Gasteiger partial charge in [0.2, 0.25) is 0 Å². The molecule has 8 nitrogen and oxygen atoms in total. The van der Waals surface area contributed by atoms with Crippen molar-refractivity contribution in [3.8, 4) is 11.3 Å². The van der Waals surface area contributed by atoms with Crippen LogP contribution in [0.15, 0.2) is 35.6 Å². The lowest BCUT2D eigenvalue weighted by Gasteiger charge is -2.01. The molecule has 0 fully saturated rings. The van der Waals surface area contributed by atoms with Gasteiger partial charge in [0.1, 0.15) is 5.82 Å². The number of aryl methyl sites for hydroxylation is 1. The molecule has 2 aromatic heterocycles. The third kappa shape index (κ3) is 4.46. The summed E-state index contributed by atoms with van der Waals surface area (Å²) in [6, 6.07) is 6.10. The summed E-state index contributed by atoms with van der Waals surface area (Å²) >= 11 is 0. The van der Waals surface area contributed by atoms with Crippen LogP contribution in [0.25, 0.3) is 11.3 Å². The van der Waals surface area contributed by atoms with Crippen LogP contribution in [0.1, 0.15) is 18.3 Å². The number of aromatic amines is 1. The van der Waals surface area contributed by atoms with Crippen molar-refractivity contribution >= 4 is 37.0 Å². The van der Waals surface area contributed by atoms with Crippen molar-refractivity contribution in [2.45, 2.75) is 13.3 Å². The standard InChI is InChI=1S/C14H15FN8.2ClH/c1-2-12-19-22-14(23(12)16)21-18-8-10-7-17-20-13(10)9-3-5-11(15)6-4-9;;/h3-8H,2,16H2,1H3,(H,17,20)(H,21,22);2*1H. The monoisotopic (exact) mass is 386 g/mol. The van der Waals surface area contributed by atoms with Crippen LogP contribution in [0, 0.1) is 5.82 Å². The number of nitrogen functional groups attached to an aromatic ring is 1. The highest BCUT2D eigenvalue weighted by atomic mass is 35.5. The summed E-state index contributed by atoms with van der Waals surface area (Å²) in [5.74, 6) is 6.51. The summed E-state index contributed by atoms with van der Waals surface area (Å²) < 4.78 is 14.3. The predicted molar refractivity (Wildman–Crippen MR) is 99.2 cm³/mol. The van der Waals surface area contributed by atoms with Crippen LogP contribution in [-0.4, -0.2) is 31.3 Å².